The Hall–Kier alpha value is -2.89. The number of hydrogen-bond acceptors (Lipinski definition) is 4. The molecule has 0 aliphatic carbocycles. The Morgan fingerprint density at radius 1 is 1.21 bits per heavy atom. The smallest absolute Gasteiger partial charge is 0.249 e. The van der Waals surface area contributed by atoms with Gasteiger partial charge in [0, 0.05) is 17.6 Å². The lowest BCUT2D eigenvalue weighted by Crippen LogP contribution is -2.13. The Kier molecular flexibility index (Phi) is 2.42. The van der Waals surface area contributed by atoms with Crippen molar-refractivity contribution in [1.29, 1.82) is 0 Å². The third-order valence-corrected chi connectivity index (χ3v) is 2.81. The minimum atomic E-state index is -0.500. The SMILES string of the molecule is NC(=O)c1cc(-n2ccc(N)n2)nc2ccccc12. The van der Waals surface area contributed by atoms with Crippen molar-refractivity contribution in [2.45, 2.75) is 0 Å². The lowest BCUT2D eigenvalue weighted by atomic mass is 10.1. The van der Waals surface area contributed by atoms with Crippen LogP contribution in [0.4, 0.5) is 5.82 Å². The van der Waals surface area contributed by atoms with Crippen molar-refractivity contribution in [2.75, 3.05) is 5.73 Å². The minimum Gasteiger partial charge on any atom is -0.382 e. The van der Waals surface area contributed by atoms with Crippen molar-refractivity contribution >= 4 is 22.6 Å². The molecule has 6 heteroatoms. The first-order valence-corrected chi connectivity index (χ1v) is 5.66. The largest absolute Gasteiger partial charge is 0.382 e. The fraction of sp³-hybridized carbons (Fsp3) is 0. The van der Waals surface area contributed by atoms with Gasteiger partial charge in [-0.1, -0.05) is 18.2 Å². The number of aromatic nitrogens is 3. The maximum Gasteiger partial charge on any atom is 0.249 e. The molecule has 0 bridgehead atoms. The van der Waals surface area contributed by atoms with E-state index in [2.05, 4.69) is 10.1 Å². The van der Waals surface area contributed by atoms with Gasteiger partial charge in [0.05, 0.1) is 11.1 Å². The molecule has 2 heterocycles. The first kappa shape index (κ1) is 11.2. The lowest BCUT2D eigenvalue weighted by Gasteiger charge is -2.07. The Bertz CT molecular complexity index is 778. The second-order valence-electron chi connectivity index (χ2n) is 4.09. The molecule has 0 aliphatic heterocycles. The molecule has 0 aliphatic rings. The van der Waals surface area contributed by atoms with Crippen molar-refractivity contribution in [3.8, 4) is 5.82 Å². The highest BCUT2D eigenvalue weighted by molar-refractivity contribution is 6.05. The van der Waals surface area contributed by atoms with E-state index in [1.54, 1.807) is 18.3 Å². The number of carbonyl (C=O) groups is 1. The van der Waals surface area contributed by atoms with Crippen molar-refractivity contribution in [3.63, 3.8) is 0 Å². The predicted octanol–water partition coefficient (Wildman–Crippen LogP) is 1.10. The molecule has 0 fully saturated rings. The van der Waals surface area contributed by atoms with Crippen LogP contribution in [0.3, 0.4) is 0 Å². The molecule has 1 amide bonds. The summed E-state index contributed by atoms with van der Waals surface area (Å²) in [4.78, 5) is 16.0. The second-order valence-corrected chi connectivity index (χ2v) is 4.09. The summed E-state index contributed by atoms with van der Waals surface area (Å²) in [5, 5.41) is 4.79. The van der Waals surface area contributed by atoms with E-state index in [0.29, 0.717) is 22.7 Å². The molecular formula is C13H11N5O. The molecule has 0 saturated carbocycles. The van der Waals surface area contributed by atoms with E-state index in [-0.39, 0.29) is 0 Å². The number of benzene rings is 1. The summed E-state index contributed by atoms with van der Waals surface area (Å²) in [5.41, 5.74) is 12.1. The Morgan fingerprint density at radius 2 is 2.00 bits per heavy atom. The number of rotatable bonds is 2. The number of primary amides is 1. The van der Waals surface area contributed by atoms with Gasteiger partial charge in [0.2, 0.25) is 5.91 Å². The van der Waals surface area contributed by atoms with Crippen LogP contribution < -0.4 is 11.5 Å². The molecule has 0 atom stereocenters. The number of hydrogen-bond donors (Lipinski definition) is 2. The molecule has 94 valence electrons. The van der Waals surface area contributed by atoms with E-state index < -0.39 is 5.91 Å². The molecule has 4 N–H and O–H groups in total. The molecule has 0 spiro atoms. The Labute approximate surface area is 108 Å². The van der Waals surface area contributed by atoms with Gasteiger partial charge in [-0.15, -0.1) is 5.10 Å². The number of nitrogen functional groups attached to an aromatic ring is 1. The first-order valence-electron chi connectivity index (χ1n) is 5.66. The summed E-state index contributed by atoms with van der Waals surface area (Å²) in [6, 6.07) is 10.6. The number of para-hydroxylation sites is 1. The quantitative estimate of drug-likeness (QED) is 0.714. The van der Waals surface area contributed by atoms with Crippen molar-refractivity contribution in [3.05, 3.63) is 48.2 Å². The average molecular weight is 253 g/mol. The van der Waals surface area contributed by atoms with Crippen LogP contribution in [0.1, 0.15) is 10.4 Å². The normalized spacial score (nSPS) is 10.7. The van der Waals surface area contributed by atoms with Crippen LogP contribution in [0.15, 0.2) is 42.6 Å². The maximum absolute atomic E-state index is 11.5. The maximum atomic E-state index is 11.5. The van der Waals surface area contributed by atoms with Gasteiger partial charge in [-0.3, -0.25) is 4.79 Å². The molecule has 1 aromatic carbocycles. The molecule has 0 saturated heterocycles. The fourth-order valence-electron chi connectivity index (χ4n) is 1.95. The average Bonchev–Trinajstić information content (AvgIpc) is 2.84. The molecular weight excluding hydrogens is 242 g/mol. The number of pyridine rings is 1. The zero-order chi connectivity index (χ0) is 13.4. The van der Waals surface area contributed by atoms with Gasteiger partial charge in [0.15, 0.2) is 5.82 Å². The summed E-state index contributed by atoms with van der Waals surface area (Å²) in [6.45, 7) is 0. The topological polar surface area (TPSA) is 99.8 Å². The number of carbonyl (C=O) groups excluding carboxylic acids is 1. The highest BCUT2D eigenvalue weighted by atomic mass is 16.1. The molecule has 0 radical (unpaired) electrons. The lowest BCUT2D eigenvalue weighted by molar-refractivity contribution is 0.100. The van der Waals surface area contributed by atoms with Gasteiger partial charge in [-0.25, -0.2) is 9.67 Å². The van der Waals surface area contributed by atoms with Gasteiger partial charge in [-0.2, -0.15) is 0 Å². The van der Waals surface area contributed by atoms with E-state index in [4.69, 9.17) is 11.5 Å². The van der Waals surface area contributed by atoms with Crippen LogP contribution in [-0.4, -0.2) is 20.7 Å². The van der Waals surface area contributed by atoms with Gasteiger partial charge in [0.25, 0.3) is 0 Å². The van der Waals surface area contributed by atoms with E-state index in [0.717, 1.165) is 5.39 Å². The van der Waals surface area contributed by atoms with Crippen LogP contribution in [0.25, 0.3) is 16.7 Å². The second kappa shape index (κ2) is 4.09. The van der Waals surface area contributed by atoms with Crippen molar-refractivity contribution in [1.82, 2.24) is 14.8 Å². The van der Waals surface area contributed by atoms with Crippen molar-refractivity contribution < 1.29 is 4.79 Å². The van der Waals surface area contributed by atoms with Gasteiger partial charge in [-0.05, 0) is 12.1 Å². The minimum absolute atomic E-state index is 0.385. The van der Waals surface area contributed by atoms with Crippen LogP contribution in [-0.2, 0) is 0 Å². The highest BCUT2D eigenvalue weighted by Gasteiger charge is 2.11. The van der Waals surface area contributed by atoms with E-state index >= 15 is 0 Å². The molecule has 0 unspecified atom stereocenters. The zero-order valence-electron chi connectivity index (χ0n) is 9.95. The van der Waals surface area contributed by atoms with Crippen LogP contribution in [0, 0.1) is 0 Å². The molecule has 19 heavy (non-hydrogen) atoms. The number of anilines is 1. The molecule has 2 aromatic heterocycles. The monoisotopic (exact) mass is 253 g/mol. The Balaban J connectivity index is 2.30. The number of nitrogens with zero attached hydrogens (tertiary/aromatic N) is 3. The van der Waals surface area contributed by atoms with Crippen LogP contribution in [0.2, 0.25) is 0 Å². The zero-order valence-corrected chi connectivity index (χ0v) is 9.95. The van der Waals surface area contributed by atoms with Crippen molar-refractivity contribution in [2.24, 2.45) is 5.73 Å². The molecule has 3 rings (SSSR count). The summed E-state index contributed by atoms with van der Waals surface area (Å²) >= 11 is 0. The van der Waals surface area contributed by atoms with Crippen LogP contribution in [0.5, 0.6) is 0 Å². The molecule has 3 aromatic rings. The van der Waals surface area contributed by atoms with Crippen LogP contribution >= 0.6 is 0 Å². The summed E-state index contributed by atoms with van der Waals surface area (Å²) in [6.07, 6.45) is 1.68. The Morgan fingerprint density at radius 3 is 2.68 bits per heavy atom. The van der Waals surface area contributed by atoms with Gasteiger partial charge < -0.3 is 11.5 Å². The standard InChI is InChI=1S/C13H11N5O/c14-11-5-6-18(17-11)12-7-9(13(15)19)8-3-1-2-4-10(8)16-12/h1-7H,(H2,14,17)(H2,15,19). The number of nitrogens with two attached hydrogens (primary N) is 2. The number of fused-ring (bicyclic) bond motifs is 1. The third kappa shape index (κ3) is 1.89. The summed E-state index contributed by atoms with van der Waals surface area (Å²) < 4.78 is 1.51. The van der Waals surface area contributed by atoms with E-state index in [1.807, 2.05) is 24.3 Å². The molecule has 6 nitrogen and oxygen atoms in total. The summed E-state index contributed by atoms with van der Waals surface area (Å²) in [7, 11) is 0. The van der Waals surface area contributed by atoms with E-state index in [1.165, 1.54) is 4.68 Å². The van der Waals surface area contributed by atoms with E-state index in [9.17, 15) is 4.79 Å². The predicted molar refractivity (Wildman–Crippen MR) is 71.8 cm³/mol. The first-order chi connectivity index (χ1) is 9.15. The highest BCUT2D eigenvalue weighted by Crippen LogP contribution is 2.19. The fourth-order valence-corrected chi connectivity index (χ4v) is 1.95. The van der Waals surface area contributed by atoms with Gasteiger partial charge >= 0.3 is 0 Å². The number of amides is 1. The van der Waals surface area contributed by atoms with Gasteiger partial charge in [0.1, 0.15) is 5.82 Å². The third-order valence-electron chi connectivity index (χ3n) is 2.81. The summed E-state index contributed by atoms with van der Waals surface area (Å²) in [5.74, 6) is 0.389.